The number of aryl methyl sites for hydroxylation is 1. The van der Waals surface area contributed by atoms with Crippen molar-refractivity contribution >= 4 is 17.1 Å². The maximum absolute atomic E-state index is 11.3. The quantitative estimate of drug-likeness (QED) is 0.627. The normalized spacial score (nSPS) is 22.1. The number of morpholine rings is 1. The number of nitrogens with zero attached hydrogens (tertiary/aromatic N) is 3. The summed E-state index contributed by atoms with van der Waals surface area (Å²) in [6.45, 7) is 6.06. The molecule has 2 atom stereocenters. The molecule has 1 fully saturated rings. The van der Waals surface area contributed by atoms with Gasteiger partial charge in [-0.2, -0.15) is 0 Å². The molecule has 8 heteroatoms. The molecule has 0 aromatic heterocycles. The lowest BCUT2D eigenvalue weighted by Gasteiger charge is -2.36. The van der Waals surface area contributed by atoms with Gasteiger partial charge >= 0.3 is 0 Å². The molecule has 1 aromatic carbocycles. The predicted octanol–water partition coefficient (Wildman–Crippen LogP) is 2.43. The fraction of sp³-hybridized carbons (Fsp3) is 0.538. The van der Waals surface area contributed by atoms with Crippen molar-refractivity contribution in [1.82, 2.24) is 0 Å². The highest BCUT2D eigenvalue weighted by molar-refractivity contribution is 5.76. The van der Waals surface area contributed by atoms with Crippen LogP contribution in [0.25, 0.3) is 0 Å². The average Bonchev–Trinajstić information content (AvgIpc) is 2.36. The Morgan fingerprint density at radius 2 is 1.52 bits per heavy atom. The Kier molecular flexibility index (Phi) is 4.08. The molecule has 0 amide bonds. The van der Waals surface area contributed by atoms with E-state index in [0.29, 0.717) is 18.7 Å². The smallest absolute Gasteiger partial charge is 0.299 e. The van der Waals surface area contributed by atoms with E-state index in [1.807, 2.05) is 13.8 Å². The summed E-state index contributed by atoms with van der Waals surface area (Å²) in [5.74, 6) is 0. The molecular weight excluding hydrogens is 278 g/mol. The van der Waals surface area contributed by atoms with Crippen molar-refractivity contribution in [1.29, 1.82) is 0 Å². The van der Waals surface area contributed by atoms with Gasteiger partial charge in [-0.05, 0) is 26.3 Å². The van der Waals surface area contributed by atoms with Gasteiger partial charge in [0.1, 0.15) is 0 Å². The van der Waals surface area contributed by atoms with Gasteiger partial charge in [-0.1, -0.05) is 0 Å². The van der Waals surface area contributed by atoms with Crippen LogP contribution in [0.15, 0.2) is 12.1 Å². The van der Waals surface area contributed by atoms with Crippen LogP contribution >= 0.6 is 0 Å². The minimum Gasteiger partial charge on any atom is -0.372 e. The average molecular weight is 295 g/mol. The lowest BCUT2D eigenvalue weighted by atomic mass is 10.1. The number of ether oxygens (including phenoxy) is 1. The molecule has 114 valence electrons. The Morgan fingerprint density at radius 3 is 1.90 bits per heavy atom. The van der Waals surface area contributed by atoms with Crippen molar-refractivity contribution in [2.75, 3.05) is 18.0 Å². The minimum atomic E-state index is -0.569. The Morgan fingerprint density at radius 1 is 1.10 bits per heavy atom. The molecule has 1 aliphatic heterocycles. The van der Waals surface area contributed by atoms with Gasteiger partial charge in [-0.3, -0.25) is 20.2 Å². The fourth-order valence-electron chi connectivity index (χ4n) is 2.70. The van der Waals surface area contributed by atoms with Crippen LogP contribution in [0.4, 0.5) is 17.1 Å². The minimum absolute atomic E-state index is 0.0672. The first-order chi connectivity index (χ1) is 9.79. The van der Waals surface area contributed by atoms with Gasteiger partial charge in [-0.15, -0.1) is 0 Å². The third kappa shape index (κ3) is 3.10. The van der Waals surface area contributed by atoms with Gasteiger partial charge in [0.25, 0.3) is 11.4 Å². The molecule has 1 aliphatic rings. The molecule has 8 nitrogen and oxygen atoms in total. The van der Waals surface area contributed by atoms with Crippen molar-refractivity contribution in [2.45, 2.75) is 33.0 Å². The van der Waals surface area contributed by atoms with Crippen LogP contribution in [0.2, 0.25) is 0 Å². The number of nitro groups is 2. The monoisotopic (exact) mass is 295 g/mol. The van der Waals surface area contributed by atoms with Crippen LogP contribution in [0.5, 0.6) is 0 Å². The fourth-order valence-corrected chi connectivity index (χ4v) is 2.70. The Balaban J connectivity index is 2.59. The lowest BCUT2D eigenvalue weighted by molar-refractivity contribution is -0.392. The Labute approximate surface area is 121 Å². The highest BCUT2D eigenvalue weighted by Gasteiger charge is 2.34. The third-order valence-electron chi connectivity index (χ3n) is 3.34. The molecule has 2 rings (SSSR count). The number of hydrogen-bond acceptors (Lipinski definition) is 6. The molecule has 21 heavy (non-hydrogen) atoms. The van der Waals surface area contributed by atoms with Gasteiger partial charge in [0.2, 0.25) is 0 Å². The van der Waals surface area contributed by atoms with Gasteiger partial charge in [0, 0.05) is 25.2 Å². The number of hydrogen-bond donors (Lipinski definition) is 0. The van der Waals surface area contributed by atoms with Crippen molar-refractivity contribution in [3.05, 3.63) is 37.9 Å². The van der Waals surface area contributed by atoms with Crippen LogP contribution in [0.1, 0.15) is 19.4 Å². The van der Waals surface area contributed by atoms with E-state index in [9.17, 15) is 20.2 Å². The standard InChI is InChI=1S/C13H17N3O5/c1-8-4-11(15(17)18)13(12(5-8)16(19)20)14-6-9(2)21-10(3)7-14/h4-5,9-10H,6-7H2,1-3H3. The van der Waals surface area contributed by atoms with E-state index in [0.717, 1.165) is 0 Å². The number of rotatable bonds is 3. The van der Waals surface area contributed by atoms with Crippen LogP contribution < -0.4 is 4.90 Å². The summed E-state index contributed by atoms with van der Waals surface area (Å²) < 4.78 is 5.58. The molecule has 0 N–H and O–H groups in total. The van der Waals surface area contributed by atoms with E-state index < -0.39 is 9.85 Å². The highest BCUT2D eigenvalue weighted by atomic mass is 16.6. The number of benzene rings is 1. The largest absolute Gasteiger partial charge is 0.372 e. The zero-order chi connectivity index (χ0) is 15.7. The molecule has 0 bridgehead atoms. The van der Waals surface area contributed by atoms with Crippen LogP contribution in [-0.4, -0.2) is 35.1 Å². The number of anilines is 1. The number of nitro benzene ring substituents is 2. The molecule has 2 unspecified atom stereocenters. The Hall–Kier alpha value is -2.22. The van der Waals surface area contributed by atoms with E-state index in [4.69, 9.17) is 4.74 Å². The zero-order valence-electron chi connectivity index (χ0n) is 12.1. The molecule has 0 spiro atoms. The lowest BCUT2D eigenvalue weighted by Crippen LogP contribution is -2.45. The second-order valence-corrected chi connectivity index (χ2v) is 5.33. The van der Waals surface area contributed by atoms with E-state index in [1.54, 1.807) is 11.8 Å². The first kappa shape index (κ1) is 15.2. The third-order valence-corrected chi connectivity index (χ3v) is 3.34. The summed E-state index contributed by atoms with van der Waals surface area (Å²) in [6, 6.07) is 2.74. The summed E-state index contributed by atoms with van der Waals surface area (Å²) in [7, 11) is 0. The van der Waals surface area contributed by atoms with Gasteiger partial charge < -0.3 is 9.64 Å². The van der Waals surface area contributed by atoms with E-state index in [2.05, 4.69) is 0 Å². The summed E-state index contributed by atoms with van der Waals surface area (Å²) in [6.07, 6.45) is -0.288. The second kappa shape index (κ2) is 5.65. The van der Waals surface area contributed by atoms with Crippen molar-refractivity contribution < 1.29 is 14.6 Å². The first-order valence-corrected chi connectivity index (χ1v) is 6.63. The molecule has 0 aliphatic carbocycles. The second-order valence-electron chi connectivity index (χ2n) is 5.33. The highest BCUT2D eigenvalue weighted by Crippen LogP contribution is 2.39. The predicted molar refractivity (Wildman–Crippen MR) is 76.7 cm³/mol. The topological polar surface area (TPSA) is 98.8 Å². The molecule has 0 radical (unpaired) electrons. The van der Waals surface area contributed by atoms with Crippen molar-refractivity contribution in [3.8, 4) is 0 Å². The maximum Gasteiger partial charge on any atom is 0.299 e. The summed E-state index contributed by atoms with van der Waals surface area (Å²) in [4.78, 5) is 23.1. The zero-order valence-corrected chi connectivity index (χ0v) is 12.1. The van der Waals surface area contributed by atoms with Gasteiger partial charge in [0.05, 0.1) is 22.1 Å². The Bertz CT molecular complexity index is 544. The van der Waals surface area contributed by atoms with E-state index in [1.165, 1.54) is 12.1 Å². The van der Waals surface area contributed by atoms with Crippen molar-refractivity contribution in [2.24, 2.45) is 0 Å². The molecule has 1 aromatic rings. The SMILES string of the molecule is Cc1cc([N+](=O)[O-])c(N2CC(C)OC(C)C2)c([N+](=O)[O-])c1. The van der Waals surface area contributed by atoms with Crippen molar-refractivity contribution in [3.63, 3.8) is 0 Å². The summed E-state index contributed by atoms with van der Waals surface area (Å²) >= 11 is 0. The van der Waals surface area contributed by atoms with E-state index in [-0.39, 0.29) is 29.3 Å². The summed E-state index contributed by atoms with van der Waals surface area (Å²) in [5.41, 5.74) is 0.0927. The van der Waals surface area contributed by atoms with Crippen LogP contribution in [-0.2, 0) is 4.74 Å². The molecular formula is C13H17N3O5. The van der Waals surface area contributed by atoms with Gasteiger partial charge in [0.15, 0.2) is 5.69 Å². The van der Waals surface area contributed by atoms with E-state index >= 15 is 0 Å². The van der Waals surface area contributed by atoms with Crippen LogP contribution in [0.3, 0.4) is 0 Å². The van der Waals surface area contributed by atoms with Gasteiger partial charge in [-0.25, -0.2) is 0 Å². The molecule has 1 saturated heterocycles. The maximum atomic E-state index is 11.3. The molecule has 1 heterocycles. The first-order valence-electron chi connectivity index (χ1n) is 6.63. The van der Waals surface area contributed by atoms with Crippen LogP contribution in [0, 0.1) is 27.2 Å². The molecule has 0 saturated carbocycles. The summed E-state index contributed by atoms with van der Waals surface area (Å²) in [5, 5.41) is 22.6.